The molecule has 54 valence electrons. The highest BCUT2D eigenvalue weighted by Crippen LogP contribution is 2.44. The Balaban J connectivity index is 2.51. The van der Waals surface area contributed by atoms with Crippen LogP contribution in [0, 0.1) is 5.41 Å². The molecular formula is C7H12Cl2. The third-order valence-corrected chi connectivity index (χ3v) is 3.33. The zero-order valence-corrected chi connectivity index (χ0v) is 7.17. The first-order chi connectivity index (χ1) is 4.15. The van der Waals surface area contributed by atoms with E-state index in [9.17, 15) is 0 Å². The molecule has 0 amide bonds. The van der Waals surface area contributed by atoms with Crippen LogP contribution in [-0.4, -0.2) is 4.84 Å². The Kier molecular flexibility index (Phi) is 2.28. The van der Waals surface area contributed by atoms with Gasteiger partial charge in [0.2, 0.25) is 0 Å². The molecule has 0 radical (unpaired) electrons. The normalized spacial score (nSPS) is 25.3. The average molecular weight is 167 g/mol. The molecule has 2 heteroatoms. The molecule has 9 heavy (non-hydrogen) atoms. The maximum Gasteiger partial charge on any atom is 0.113 e. The van der Waals surface area contributed by atoms with E-state index in [-0.39, 0.29) is 10.3 Å². The van der Waals surface area contributed by atoms with Gasteiger partial charge in [-0.2, -0.15) is 0 Å². The van der Waals surface area contributed by atoms with Gasteiger partial charge >= 0.3 is 0 Å². The van der Waals surface area contributed by atoms with Crippen molar-refractivity contribution in [3.63, 3.8) is 0 Å². The van der Waals surface area contributed by atoms with Crippen LogP contribution in [0.15, 0.2) is 0 Å². The summed E-state index contributed by atoms with van der Waals surface area (Å²) in [4.78, 5) is -0.167. The second-order valence-electron chi connectivity index (χ2n) is 3.16. The number of halogens is 2. The van der Waals surface area contributed by atoms with E-state index in [2.05, 4.69) is 6.92 Å². The summed E-state index contributed by atoms with van der Waals surface area (Å²) in [6.07, 6.45) is 4.99. The highest BCUT2D eigenvalue weighted by Gasteiger charge is 2.34. The second-order valence-corrected chi connectivity index (χ2v) is 4.26. The second kappa shape index (κ2) is 2.67. The topological polar surface area (TPSA) is 0 Å². The molecule has 1 saturated carbocycles. The summed E-state index contributed by atoms with van der Waals surface area (Å²) in [6.45, 7) is 2.17. The van der Waals surface area contributed by atoms with Crippen molar-refractivity contribution in [1.29, 1.82) is 0 Å². The minimum absolute atomic E-state index is 0.167. The minimum Gasteiger partial charge on any atom is -0.105 e. The Hall–Kier alpha value is 0.580. The SMILES string of the molecule is CC1(C(Cl)Cl)CCCC1. The van der Waals surface area contributed by atoms with Crippen molar-refractivity contribution < 1.29 is 0 Å². The van der Waals surface area contributed by atoms with Crippen molar-refractivity contribution in [3.05, 3.63) is 0 Å². The molecule has 1 fully saturated rings. The molecule has 0 heterocycles. The quantitative estimate of drug-likeness (QED) is 0.525. The Bertz CT molecular complexity index is 93.1. The van der Waals surface area contributed by atoms with E-state index in [0.29, 0.717) is 0 Å². The Morgan fingerprint density at radius 3 is 1.89 bits per heavy atom. The van der Waals surface area contributed by atoms with Gasteiger partial charge in [-0.25, -0.2) is 0 Å². The van der Waals surface area contributed by atoms with E-state index in [1.807, 2.05) is 0 Å². The van der Waals surface area contributed by atoms with Crippen LogP contribution in [0.3, 0.4) is 0 Å². The lowest BCUT2D eigenvalue weighted by Crippen LogP contribution is -2.19. The zero-order valence-electron chi connectivity index (χ0n) is 5.66. The van der Waals surface area contributed by atoms with Gasteiger partial charge < -0.3 is 0 Å². The maximum atomic E-state index is 5.79. The summed E-state index contributed by atoms with van der Waals surface area (Å²) in [5.74, 6) is 0. The molecule has 0 atom stereocenters. The van der Waals surface area contributed by atoms with Gasteiger partial charge in [0.25, 0.3) is 0 Å². The average Bonchev–Trinajstić information content (AvgIpc) is 2.16. The van der Waals surface area contributed by atoms with Gasteiger partial charge in [-0.15, -0.1) is 23.2 Å². The van der Waals surface area contributed by atoms with E-state index < -0.39 is 0 Å². The molecule has 1 aliphatic carbocycles. The van der Waals surface area contributed by atoms with Gasteiger partial charge in [0, 0.05) is 0 Å². The summed E-state index contributed by atoms with van der Waals surface area (Å²) < 4.78 is 0. The molecular weight excluding hydrogens is 155 g/mol. The van der Waals surface area contributed by atoms with Crippen molar-refractivity contribution in [2.75, 3.05) is 0 Å². The molecule has 0 aliphatic heterocycles. The Labute approximate surface area is 66.5 Å². The molecule has 0 saturated heterocycles. The predicted molar refractivity (Wildman–Crippen MR) is 42.1 cm³/mol. The zero-order chi connectivity index (χ0) is 6.91. The van der Waals surface area contributed by atoms with Gasteiger partial charge in [0.1, 0.15) is 4.84 Å². The first kappa shape index (κ1) is 7.68. The number of alkyl halides is 2. The van der Waals surface area contributed by atoms with Gasteiger partial charge in [-0.3, -0.25) is 0 Å². The van der Waals surface area contributed by atoms with Crippen molar-refractivity contribution >= 4 is 23.2 Å². The van der Waals surface area contributed by atoms with Crippen molar-refractivity contribution in [1.82, 2.24) is 0 Å². The number of rotatable bonds is 1. The molecule has 0 spiro atoms. The van der Waals surface area contributed by atoms with Gasteiger partial charge in [0.15, 0.2) is 0 Å². The predicted octanol–water partition coefficient (Wildman–Crippen LogP) is 3.37. The van der Waals surface area contributed by atoms with Crippen LogP contribution in [-0.2, 0) is 0 Å². The van der Waals surface area contributed by atoms with Crippen LogP contribution in [0.25, 0.3) is 0 Å². The molecule has 0 aromatic heterocycles. The lowest BCUT2D eigenvalue weighted by molar-refractivity contribution is 0.367. The van der Waals surface area contributed by atoms with Crippen molar-refractivity contribution in [2.24, 2.45) is 5.41 Å². The summed E-state index contributed by atoms with van der Waals surface area (Å²) in [6, 6.07) is 0. The molecule has 1 rings (SSSR count). The Morgan fingerprint density at radius 2 is 1.67 bits per heavy atom. The third-order valence-electron chi connectivity index (χ3n) is 2.27. The maximum absolute atomic E-state index is 5.79. The van der Waals surface area contributed by atoms with E-state index in [0.717, 1.165) is 0 Å². The fourth-order valence-electron chi connectivity index (χ4n) is 1.40. The largest absolute Gasteiger partial charge is 0.113 e. The molecule has 0 nitrogen and oxygen atoms in total. The van der Waals surface area contributed by atoms with Crippen LogP contribution in [0.2, 0.25) is 0 Å². The summed E-state index contributed by atoms with van der Waals surface area (Å²) in [5, 5.41) is 0. The van der Waals surface area contributed by atoms with E-state index in [4.69, 9.17) is 23.2 Å². The summed E-state index contributed by atoms with van der Waals surface area (Å²) in [7, 11) is 0. The molecule has 0 bridgehead atoms. The van der Waals surface area contributed by atoms with Crippen LogP contribution in [0.4, 0.5) is 0 Å². The first-order valence-corrected chi connectivity index (χ1v) is 4.31. The molecule has 0 aromatic carbocycles. The van der Waals surface area contributed by atoms with Crippen LogP contribution in [0.5, 0.6) is 0 Å². The molecule has 0 unspecified atom stereocenters. The highest BCUT2D eigenvalue weighted by molar-refractivity contribution is 6.44. The van der Waals surface area contributed by atoms with Gasteiger partial charge in [0.05, 0.1) is 0 Å². The highest BCUT2D eigenvalue weighted by atomic mass is 35.5. The fourth-order valence-corrected chi connectivity index (χ4v) is 1.84. The number of hydrogen-bond acceptors (Lipinski definition) is 0. The van der Waals surface area contributed by atoms with Crippen LogP contribution in [0.1, 0.15) is 32.6 Å². The van der Waals surface area contributed by atoms with Crippen LogP contribution >= 0.6 is 23.2 Å². The lowest BCUT2D eigenvalue weighted by Gasteiger charge is -2.23. The minimum atomic E-state index is -0.167. The fraction of sp³-hybridized carbons (Fsp3) is 1.00. The first-order valence-electron chi connectivity index (χ1n) is 3.43. The molecule has 0 aromatic rings. The van der Waals surface area contributed by atoms with E-state index in [1.54, 1.807) is 0 Å². The summed E-state index contributed by atoms with van der Waals surface area (Å²) >= 11 is 11.6. The lowest BCUT2D eigenvalue weighted by atomic mass is 9.91. The Morgan fingerprint density at radius 1 is 1.22 bits per heavy atom. The van der Waals surface area contributed by atoms with Gasteiger partial charge in [-0.1, -0.05) is 19.8 Å². The van der Waals surface area contributed by atoms with E-state index >= 15 is 0 Å². The monoisotopic (exact) mass is 166 g/mol. The van der Waals surface area contributed by atoms with Crippen molar-refractivity contribution in [3.8, 4) is 0 Å². The third kappa shape index (κ3) is 1.53. The standard InChI is InChI=1S/C7H12Cl2/c1-7(6(8)9)4-2-3-5-7/h6H,2-5H2,1H3. The molecule has 1 aliphatic rings. The van der Waals surface area contributed by atoms with Crippen molar-refractivity contribution in [2.45, 2.75) is 37.4 Å². The van der Waals surface area contributed by atoms with Gasteiger partial charge in [-0.05, 0) is 18.3 Å². The smallest absolute Gasteiger partial charge is 0.105 e. The van der Waals surface area contributed by atoms with E-state index in [1.165, 1.54) is 25.7 Å². The summed E-state index contributed by atoms with van der Waals surface area (Å²) in [5.41, 5.74) is 0.225. The number of hydrogen-bond donors (Lipinski definition) is 0. The molecule has 0 N–H and O–H groups in total. The van der Waals surface area contributed by atoms with Crippen LogP contribution < -0.4 is 0 Å².